The van der Waals surface area contributed by atoms with E-state index in [1.165, 1.54) is 12.8 Å². The van der Waals surface area contributed by atoms with Crippen LogP contribution >= 0.6 is 0 Å². The summed E-state index contributed by atoms with van der Waals surface area (Å²) < 4.78 is 5.89. The molecule has 1 saturated carbocycles. The summed E-state index contributed by atoms with van der Waals surface area (Å²) in [4.78, 5) is 4.04. The fourth-order valence-corrected chi connectivity index (χ4v) is 2.38. The molecule has 4 nitrogen and oxygen atoms in total. The molecule has 1 N–H and O–H groups in total. The third-order valence-corrected chi connectivity index (χ3v) is 3.55. The molecule has 4 heteroatoms. The summed E-state index contributed by atoms with van der Waals surface area (Å²) in [6.45, 7) is 0.492. The van der Waals surface area contributed by atoms with Gasteiger partial charge in [-0.1, -0.05) is 6.07 Å². The highest BCUT2D eigenvalue weighted by Gasteiger charge is 2.20. The third kappa shape index (κ3) is 3.28. The molecule has 0 amide bonds. The second-order valence-electron chi connectivity index (χ2n) is 4.70. The molecule has 96 valence electrons. The van der Waals surface area contributed by atoms with Gasteiger partial charge in [-0.2, -0.15) is 5.26 Å². The number of hydrogen-bond donors (Lipinski definition) is 1. The van der Waals surface area contributed by atoms with Crippen LogP contribution < -0.4 is 5.32 Å². The lowest BCUT2D eigenvalue weighted by molar-refractivity contribution is 0.0116. The smallest absolute Gasteiger partial charge is 0.145 e. The van der Waals surface area contributed by atoms with Gasteiger partial charge in [-0.3, -0.25) is 0 Å². The van der Waals surface area contributed by atoms with Gasteiger partial charge in [-0.15, -0.1) is 0 Å². The molecule has 0 radical (unpaired) electrons. The fraction of sp³-hybridized carbons (Fsp3) is 0.571. The van der Waals surface area contributed by atoms with Gasteiger partial charge in [0.15, 0.2) is 0 Å². The molecule has 0 saturated heterocycles. The lowest BCUT2D eigenvalue weighted by atomic mass is 9.93. The first-order valence-corrected chi connectivity index (χ1v) is 6.46. The minimum atomic E-state index is 0.321. The molecular weight excluding hydrogens is 226 g/mol. The number of rotatable bonds is 4. The van der Waals surface area contributed by atoms with Gasteiger partial charge in [-0.25, -0.2) is 4.98 Å². The third-order valence-electron chi connectivity index (χ3n) is 3.55. The van der Waals surface area contributed by atoms with Crippen LogP contribution in [-0.2, 0) is 11.3 Å². The summed E-state index contributed by atoms with van der Waals surface area (Å²) in [6.07, 6.45) is 6.47. The number of nitrogens with one attached hydrogen (secondary N) is 1. The van der Waals surface area contributed by atoms with Gasteiger partial charge in [0.05, 0.1) is 12.7 Å². The lowest BCUT2D eigenvalue weighted by Crippen LogP contribution is -2.32. The van der Waals surface area contributed by atoms with E-state index < -0.39 is 0 Å². The van der Waals surface area contributed by atoms with Crippen molar-refractivity contribution < 1.29 is 4.74 Å². The summed E-state index contributed by atoms with van der Waals surface area (Å²) in [5, 5.41) is 12.3. The molecule has 0 spiro atoms. The Morgan fingerprint density at radius 1 is 1.44 bits per heavy atom. The normalized spacial score (nSPS) is 23.6. The number of nitrogens with zero attached hydrogens (tertiary/aromatic N) is 2. The van der Waals surface area contributed by atoms with E-state index in [-0.39, 0.29) is 0 Å². The molecule has 1 aromatic rings. The summed E-state index contributed by atoms with van der Waals surface area (Å²) in [5.41, 5.74) is 1.36. The Kier molecular flexibility index (Phi) is 4.68. The Bertz CT molecular complexity index is 419. The van der Waals surface area contributed by atoms with E-state index in [1.54, 1.807) is 6.20 Å². The Hall–Kier alpha value is -1.44. The zero-order chi connectivity index (χ0) is 12.8. The highest BCUT2D eigenvalue weighted by molar-refractivity contribution is 5.29. The molecule has 1 heterocycles. The molecule has 0 unspecified atom stereocenters. The maximum absolute atomic E-state index is 8.95. The zero-order valence-corrected chi connectivity index (χ0v) is 10.7. The fourth-order valence-electron chi connectivity index (χ4n) is 2.38. The first-order chi connectivity index (χ1) is 8.83. The lowest BCUT2D eigenvalue weighted by Gasteiger charge is -2.28. The van der Waals surface area contributed by atoms with E-state index in [1.807, 2.05) is 19.2 Å². The number of nitriles is 1. The van der Waals surface area contributed by atoms with Crippen LogP contribution in [0.3, 0.4) is 0 Å². The van der Waals surface area contributed by atoms with Gasteiger partial charge in [0.25, 0.3) is 0 Å². The second-order valence-corrected chi connectivity index (χ2v) is 4.70. The molecule has 1 aliphatic rings. The van der Waals surface area contributed by atoms with Crippen LogP contribution in [0.15, 0.2) is 18.3 Å². The second kappa shape index (κ2) is 6.48. The minimum Gasteiger partial charge on any atom is -0.373 e. The Labute approximate surface area is 108 Å². The van der Waals surface area contributed by atoms with Crippen LogP contribution in [0.4, 0.5) is 0 Å². The van der Waals surface area contributed by atoms with Crippen molar-refractivity contribution >= 4 is 0 Å². The summed E-state index contributed by atoms with van der Waals surface area (Å²) in [6, 6.07) is 6.49. The molecule has 0 bridgehead atoms. The average molecular weight is 245 g/mol. The van der Waals surface area contributed by atoms with E-state index in [0.29, 0.717) is 24.4 Å². The van der Waals surface area contributed by atoms with Gasteiger partial charge in [0, 0.05) is 17.8 Å². The van der Waals surface area contributed by atoms with Crippen molar-refractivity contribution in [3.63, 3.8) is 0 Å². The molecule has 0 aromatic carbocycles. The summed E-state index contributed by atoms with van der Waals surface area (Å²) in [7, 11) is 2.01. The zero-order valence-electron chi connectivity index (χ0n) is 10.7. The topological polar surface area (TPSA) is 57.9 Å². The Morgan fingerprint density at radius 2 is 2.22 bits per heavy atom. The van der Waals surface area contributed by atoms with Gasteiger partial charge >= 0.3 is 0 Å². The standard InChI is InChI=1S/C14H19N3O/c1-16-12-4-6-13(7-5-12)18-10-11-3-2-8-17-14(11)9-15/h2-3,8,12-13,16H,4-7,10H2,1H3. The number of pyridine rings is 1. The van der Waals surface area contributed by atoms with Crippen LogP contribution in [0, 0.1) is 11.3 Å². The molecule has 1 aliphatic carbocycles. The van der Waals surface area contributed by atoms with Gasteiger partial charge < -0.3 is 10.1 Å². The summed E-state index contributed by atoms with van der Waals surface area (Å²) >= 11 is 0. The Balaban J connectivity index is 1.84. The molecule has 18 heavy (non-hydrogen) atoms. The molecule has 0 atom stereocenters. The SMILES string of the molecule is CNC1CCC(OCc2cccnc2C#N)CC1. The first-order valence-electron chi connectivity index (χ1n) is 6.46. The molecule has 1 aromatic heterocycles. The quantitative estimate of drug-likeness (QED) is 0.881. The van der Waals surface area contributed by atoms with Gasteiger partial charge in [0.2, 0.25) is 0 Å². The van der Waals surface area contributed by atoms with Gasteiger partial charge in [0.1, 0.15) is 11.8 Å². The van der Waals surface area contributed by atoms with Crippen molar-refractivity contribution in [1.82, 2.24) is 10.3 Å². The van der Waals surface area contributed by atoms with Crippen LogP contribution in [0.2, 0.25) is 0 Å². The Morgan fingerprint density at radius 3 is 2.89 bits per heavy atom. The van der Waals surface area contributed by atoms with Crippen molar-refractivity contribution in [2.24, 2.45) is 0 Å². The number of hydrogen-bond acceptors (Lipinski definition) is 4. The van der Waals surface area contributed by atoms with Crippen molar-refractivity contribution in [2.75, 3.05) is 7.05 Å². The highest BCUT2D eigenvalue weighted by atomic mass is 16.5. The first kappa shape index (κ1) is 13.0. The molecule has 0 aliphatic heterocycles. The highest BCUT2D eigenvalue weighted by Crippen LogP contribution is 2.22. The molecular formula is C14H19N3O. The number of ether oxygens (including phenoxy) is 1. The van der Waals surface area contributed by atoms with Crippen molar-refractivity contribution in [3.8, 4) is 6.07 Å². The van der Waals surface area contributed by atoms with Crippen LogP contribution in [0.1, 0.15) is 36.9 Å². The molecule has 1 fully saturated rings. The van der Waals surface area contributed by atoms with Crippen LogP contribution in [0.5, 0.6) is 0 Å². The minimum absolute atomic E-state index is 0.321. The van der Waals surface area contributed by atoms with Crippen molar-refractivity contribution in [3.05, 3.63) is 29.6 Å². The monoisotopic (exact) mass is 245 g/mol. The molecule has 2 rings (SSSR count). The van der Waals surface area contributed by atoms with E-state index in [0.717, 1.165) is 18.4 Å². The maximum atomic E-state index is 8.95. The van der Waals surface area contributed by atoms with Crippen molar-refractivity contribution in [2.45, 2.75) is 44.4 Å². The van der Waals surface area contributed by atoms with E-state index in [9.17, 15) is 0 Å². The largest absolute Gasteiger partial charge is 0.373 e. The van der Waals surface area contributed by atoms with Crippen molar-refractivity contribution in [1.29, 1.82) is 5.26 Å². The maximum Gasteiger partial charge on any atom is 0.145 e. The van der Waals surface area contributed by atoms with Crippen LogP contribution in [0.25, 0.3) is 0 Å². The van der Waals surface area contributed by atoms with Crippen LogP contribution in [-0.4, -0.2) is 24.2 Å². The van der Waals surface area contributed by atoms with E-state index in [4.69, 9.17) is 10.00 Å². The average Bonchev–Trinajstić information content (AvgIpc) is 2.46. The number of aromatic nitrogens is 1. The predicted octanol–water partition coefficient (Wildman–Crippen LogP) is 2.00. The van der Waals surface area contributed by atoms with E-state index >= 15 is 0 Å². The van der Waals surface area contributed by atoms with E-state index in [2.05, 4.69) is 16.4 Å². The van der Waals surface area contributed by atoms with Gasteiger partial charge in [-0.05, 0) is 38.8 Å². The predicted molar refractivity (Wildman–Crippen MR) is 68.8 cm³/mol. The summed E-state index contributed by atoms with van der Waals surface area (Å²) in [5.74, 6) is 0.